The molecule has 1 aliphatic rings. The van der Waals surface area contributed by atoms with E-state index in [1.165, 1.54) is 5.54 Å². The highest BCUT2D eigenvalue weighted by Crippen LogP contribution is 2.34. The van der Waals surface area contributed by atoms with Crippen molar-refractivity contribution in [2.75, 3.05) is 0 Å². The van der Waals surface area contributed by atoms with Crippen molar-refractivity contribution in [1.82, 2.24) is 0 Å². The van der Waals surface area contributed by atoms with Crippen LogP contribution in [0, 0.1) is 0 Å². The number of rotatable bonds is 1. The fourth-order valence-electron chi connectivity index (χ4n) is 0.526. The topological polar surface area (TPSA) is 0 Å². The van der Waals surface area contributed by atoms with Crippen LogP contribution in [0.5, 0.6) is 0 Å². The van der Waals surface area contributed by atoms with Gasteiger partial charge in [-0.2, -0.15) is 0 Å². The van der Waals surface area contributed by atoms with Crippen molar-refractivity contribution in [3.63, 3.8) is 0 Å². The summed E-state index contributed by atoms with van der Waals surface area (Å²) < 4.78 is 0. The van der Waals surface area contributed by atoms with E-state index in [9.17, 15) is 0 Å². The van der Waals surface area contributed by atoms with Crippen LogP contribution < -0.4 is 0 Å². The van der Waals surface area contributed by atoms with E-state index in [2.05, 4.69) is 6.55 Å². The maximum Gasteiger partial charge on any atom is 0.0201 e. The van der Waals surface area contributed by atoms with Crippen molar-refractivity contribution < 1.29 is 0 Å². The minimum Gasteiger partial charge on any atom is -0.0746 e. The van der Waals surface area contributed by atoms with Crippen LogP contribution in [0.4, 0.5) is 0 Å². The Morgan fingerprint density at radius 1 is 1.60 bits per heavy atom. The highest BCUT2D eigenvalue weighted by atomic mass is 28.2. The van der Waals surface area contributed by atoms with Crippen LogP contribution in [-0.2, 0) is 0 Å². The second-order valence-electron chi connectivity index (χ2n) is 1.85. The standard InChI is InChI=1S/C4H10Si/c1-5-4-2-3-4/h4H,2-3,5H2,1H3. The molecule has 0 radical (unpaired) electrons. The molecule has 0 N–H and O–H groups in total. The van der Waals surface area contributed by atoms with Gasteiger partial charge in [0.1, 0.15) is 0 Å². The lowest BCUT2D eigenvalue weighted by molar-refractivity contribution is 1.44. The second kappa shape index (κ2) is 1.13. The maximum atomic E-state index is 2.40. The Bertz CT molecular complexity index is 30.6. The van der Waals surface area contributed by atoms with Gasteiger partial charge in [0.25, 0.3) is 0 Å². The summed E-state index contributed by atoms with van der Waals surface area (Å²) in [4.78, 5) is 0. The first kappa shape index (κ1) is 3.41. The maximum absolute atomic E-state index is 2.40. The molecule has 0 nitrogen and oxygen atoms in total. The van der Waals surface area contributed by atoms with Crippen LogP contribution in [0.25, 0.3) is 0 Å². The van der Waals surface area contributed by atoms with Crippen molar-refractivity contribution in [1.29, 1.82) is 0 Å². The molecule has 0 bridgehead atoms. The molecule has 0 aromatic rings. The van der Waals surface area contributed by atoms with Crippen molar-refractivity contribution in [2.24, 2.45) is 0 Å². The summed E-state index contributed by atoms with van der Waals surface area (Å²) in [5.41, 5.74) is 1.27. The van der Waals surface area contributed by atoms with Crippen LogP contribution in [0.2, 0.25) is 12.1 Å². The fraction of sp³-hybridized carbons (Fsp3) is 1.00. The Hall–Kier alpha value is 0.217. The molecule has 1 fully saturated rings. The van der Waals surface area contributed by atoms with Gasteiger partial charge in [-0.25, -0.2) is 0 Å². The number of hydrogen-bond donors (Lipinski definition) is 0. The highest BCUT2D eigenvalue weighted by Gasteiger charge is 2.17. The lowest BCUT2D eigenvalue weighted by Crippen LogP contribution is -1.71. The molecule has 30 valence electrons. The summed E-state index contributed by atoms with van der Waals surface area (Å²) in [7, 11) is 0.460. The molecule has 1 rings (SSSR count). The Kier molecular flexibility index (Phi) is 0.770. The molecule has 0 atom stereocenters. The van der Waals surface area contributed by atoms with Gasteiger partial charge in [-0.15, -0.1) is 0 Å². The van der Waals surface area contributed by atoms with Gasteiger partial charge in [-0.1, -0.05) is 24.9 Å². The molecule has 0 unspecified atom stereocenters. The molecule has 5 heavy (non-hydrogen) atoms. The average molecular weight is 86.2 g/mol. The van der Waals surface area contributed by atoms with Gasteiger partial charge in [0, 0.05) is 9.52 Å². The van der Waals surface area contributed by atoms with E-state index in [4.69, 9.17) is 0 Å². The molecule has 1 aliphatic carbocycles. The van der Waals surface area contributed by atoms with E-state index in [1.807, 2.05) is 0 Å². The zero-order valence-electron chi connectivity index (χ0n) is 3.70. The van der Waals surface area contributed by atoms with Gasteiger partial charge < -0.3 is 0 Å². The summed E-state index contributed by atoms with van der Waals surface area (Å²) in [5.74, 6) is 0. The normalized spacial score (nSPS) is 25.8. The summed E-state index contributed by atoms with van der Waals surface area (Å²) in [6, 6.07) is 0. The Balaban J connectivity index is 2.00. The quantitative estimate of drug-likeness (QED) is 0.414. The molecule has 0 aromatic carbocycles. The van der Waals surface area contributed by atoms with Crippen LogP contribution in [-0.4, -0.2) is 9.52 Å². The smallest absolute Gasteiger partial charge is 0.0201 e. The largest absolute Gasteiger partial charge is 0.0746 e. The monoisotopic (exact) mass is 86.1 g/mol. The third-order valence-corrected chi connectivity index (χ3v) is 3.25. The highest BCUT2D eigenvalue weighted by molar-refractivity contribution is 6.36. The lowest BCUT2D eigenvalue weighted by Gasteiger charge is -1.70. The molecule has 1 saturated carbocycles. The summed E-state index contributed by atoms with van der Waals surface area (Å²) in [6.07, 6.45) is 3.14. The minimum atomic E-state index is 0.460. The molecule has 0 saturated heterocycles. The molecule has 1 heteroatoms. The predicted octanol–water partition coefficient (Wildman–Crippen LogP) is 0.786. The minimum absolute atomic E-state index is 0.460. The Labute approximate surface area is 35.4 Å². The molecule has 0 amide bonds. The first-order valence-electron chi connectivity index (χ1n) is 2.43. The van der Waals surface area contributed by atoms with Gasteiger partial charge in [-0.3, -0.25) is 0 Å². The second-order valence-corrected chi connectivity index (χ2v) is 3.82. The van der Waals surface area contributed by atoms with E-state index in [1.54, 1.807) is 12.8 Å². The zero-order valence-corrected chi connectivity index (χ0v) is 5.11. The van der Waals surface area contributed by atoms with E-state index < -0.39 is 0 Å². The number of hydrogen-bond acceptors (Lipinski definition) is 0. The predicted molar refractivity (Wildman–Crippen MR) is 27.4 cm³/mol. The molecular weight excluding hydrogens is 76.1 g/mol. The van der Waals surface area contributed by atoms with Gasteiger partial charge in [0.05, 0.1) is 0 Å². The fourth-order valence-corrected chi connectivity index (χ4v) is 1.58. The molecule has 0 aliphatic heterocycles. The van der Waals surface area contributed by atoms with Gasteiger partial charge in [-0.05, 0) is 0 Å². The molecule has 0 aromatic heterocycles. The molecule has 0 heterocycles. The van der Waals surface area contributed by atoms with Crippen LogP contribution in [0.3, 0.4) is 0 Å². The van der Waals surface area contributed by atoms with Gasteiger partial charge in [0.2, 0.25) is 0 Å². The Morgan fingerprint density at radius 3 is 2.20 bits per heavy atom. The summed E-state index contributed by atoms with van der Waals surface area (Å²) >= 11 is 0. The molecular formula is C4H10Si. The summed E-state index contributed by atoms with van der Waals surface area (Å²) in [5, 5.41) is 0. The van der Waals surface area contributed by atoms with Crippen LogP contribution in [0.15, 0.2) is 0 Å². The summed E-state index contributed by atoms with van der Waals surface area (Å²) in [6.45, 7) is 2.40. The van der Waals surface area contributed by atoms with Crippen molar-refractivity contribution in [3.8, 4) is 0 Å². The first-order valence-corrected chi connectivity index (χ1v) is 4.66. The SMILES string of the molecule is C[SiH2]C1CC1. The molecule has 0 spiro atoms. The Morgan fingerprint density at radius 2 is 2.20 bits per heavy atom. The van der Waals surface area contributed by atoms with E-state index >= 15 is 0 Å². The van der Waals surface area contributed by atoms with Crippen molar-refractivity contribution in [3.05, 3.63) is 0 Å². The van der Waals surface area contributed by atoms with E-state index in [-0.39, 0.29) is 0 Å². The average Bonchev–Trinajstić information content (AvgIpc) is 2.12. The third kappa shape index (κ3) is 0.761. The van der Waals surface area contributed by atoms with Gasteiger partial charge >= 0.3 is 0 Å². The lowest BCUT2D eigenvalue weighted by atomic mass is 11.0. The van der Waals surface area contributed by atoms with E-state index in [0.717, 1.165) is 0 Å². The van der Waals surface area contributed by atoms with E-state index in [0.29, 0.717) is 9.52 Å². The third-order valence-electron chi connectivity index (χ3n) is 1.27. The van der Waals surface area contributed by atoms with Crippen molar-refractivity contribution in [2.45, 2.75) is 24.9 Å². The van der Waals surface area contributed by atoms with Crippen molar-refractivity contribution >= 4 is 9.52 Å². The van der Waals surface area contributed by atoms with Crippen LogP contribution >= 0.6 is 0 Å². The van der Waals surface area contributed by atoms with Gasteiger partial charge in [0.15, 0.2) is 0 Å². The zero-order chi connectivity index (χ0) is 3.70. The first-order chi connectivity index (χ1) is 2.43. The van der Waals surface area contributed by atoms with Crippen LogP contribution in [0.1, 0.15) is 12.8 Å².